The normalized spacial score (nSPS) is 12.2. The largest absolute Gasteiger partial charge is 0.387 e. The number of halogens is 2. The number of carbonyl (C=O) groups is 1. The second-order valence-corrected chi connectivity index (χ2v) is 8.81. The highest BCUT2D eigenvalue weighted by Gasteiger charge is 2.27. The van der Waals surface area contributed by atoms with E-state index in [9.17, 15) is 18.7 Å². The molecule has 0 aliphatic carbocycles. The first-order valence-electron chi connectivity index (χ1n) is 11.0. The molecule has 11 heteroatoms. The summed E-state index contributed by atoms with van der Waals surface area (Å²) in [5.74, 6) is -1.23. The summed E-state index contributed by atoms with van der Waals surface area (Å²) < 4.78 is 29.5. The van der Waals surface area contributed by atoms with Crippen LogP contribution in [0, 0.1) is 24.2 Å². The second-order valence-electron chi connectivity index (χ2n) is 8.81. The van der Waals surface area contributed by atoms with Gasteiger partial charge in [-0.05, 0) is 51.1 Å². The van der Waals surface area contributed by atoms with Gasteiger partial charge < -0.3 is 15.7 Å². The molecule has 4 rings (SSSR count). The molecule has 4 aromatic heterocycles. The number of aromatic nitrogens is 4. The second kappa shape index (κ2) is 9.67. The molecule has 0 aromatic carbocycles. The fourth-order valence-corrected chi connectivity index (χ4v) is 3.44. The van der Waals surface area contributed by atoms with Crippen molar-refractivity contribution in [2.45, 2.75) is 32.5 Å². The molecule has 0 radical (unpaired) electrons. The van der Waals surface area contributed by atoms with Crippen molar-refractivity contribution < 1.29 is 18.7 Å². The predicted octanol–water partition coefficient (Wildman–Crippen LogP) is 3.69. The third-order valence-corrected chi connectivity index (χ3v) is 5.54. The van der Waals surface area contributed by atoms with E-state index in [1.807, 2.05) is 6.07 Å². The van der Waals surface area contributed by atoms with E-state index in [1.165, 1.54) is 38.5 Å². The SMILES string of the molecule is Cc1cc(Nc2cc(-c3ccc4cc(C#N)cnn34)ncc2C(=O)NCC(F)C(C)(C)O)cnc1F. The van der Waals surface area contributed by atoms with Crippen molar-refractivity contribution in [1.82, 2.24) is 24.9 Å². The quantitative estimate of drug-likeness (QED) is 0.336. The molecular formula is C25H23F2N7O2. The van der Waals surface area contributed by atoms with Gasteiger partial charge in [0.15, 0.2) is 0 Å². The summed E-state index contributed by atoms with van der Waals surface area (Å²) >= 11 is 0. The Labute approximate surface area is 205 Å². The predicted molar refractivity (Wildman–Crippen MR) is 129 cm³/mol. The maximum atomic E-state index is 14.2. The maximum Gasteiger partial charge on any atom is 0.255 e. The van der Waals surface area contributed by atoms with Gasteiger partial charge in [-0.15, -0.1) is 0 Å². The van der Waals surface area contributed by atoms with Crippen molar-refractivity contribution in [1.29, 1.82) is 5.26 Å². The number of anilines is 2. The van der Waals surface area contributed by atoms with E-state index in [0.717, 1.165) is 0 Å². The molecule has 0 saturated heterocycles. The Kier molecular flexibility index (Phi) is 6.63. The van der Waals surface area contributed by atoms with Crippen LogP contribution in [0.5, 0.6) is 0 Å². The average molecular weight is 492 g/mol. The smallest absolute Gasteiger partial charge is 0.255 e. The van der Waals surface area contributed by atoms with Gasteiger partial charge in [0.2, 0.25) is 5.95 Å². The first-order chi connectivity index (χ1) is 17.1. The molecule has 0 spiro atoms. The van der Waals surface area contributed by atoms with E-state index in [-0.39, 0.29) is 5.56 Å². The van der Waals surface area contributed by atoms with Gasteiger partial charge in [0.05, 0.1) is 63.9 Å². The van der Waals surface area contributed by atoms with Gasteiger partial charge in [-0.1, -0.05) is 0 Å². The van der Waals surface area contributed by atoms with Gasteiger partial charge in [0, 0.05) is 11.8 Å². The fourth-order valence-electron chi connectivity index (χ4n) is 3.44. The van der Waals surface area contributed by atoms with Crippen molar-refractivity contribution in [2.24, 2.45) is 0 Å². The van der Waals surface area contributed by atoms with Crippen LogP contribution in [0.15, 0.2) is 48.9 Å². The van der Waals surface area contributed by atoms with Gasteiger partial charge in [0.1, 0.15) is 12.2 Å². The van der Waals surface area contributed by atoms with E-state index >= 15 is 0 Å². The number of rotatable bonds is 7. The third kappa shape index (κ3) is 5.13. The Morgan fingerprint density at radius 2 is 2.00 bits per heavy atom. The molecule has 1 amide bonds. The topological polar surface area (TPSA) is 128 Å². The lowest BCUT2D eigenvalue weighted by atomic mass is 10.0. The number of nitrogens with zero attached hydrogens (tertiary/aromatic N) is 5. The van der Waals surface area contributed by atoms with Crippen molar-refractivity contribution in [3.05, 3.63) is 71.6 Å². The zero-order valence-corrected chi connectivity index (χ0v) is 19.8. The van der Waals surface area contributed by atoms with E-state index in [4.69, 9.17) is 5.26 Å². The van der Waals surface area contributed by atoms with Gasteiger partial charge in [-0.2, -0.15) is 14.8 Å². The van der Waals surface area contributed by atoms with Crippen molar-refractivity contribution in [3.63, 3.8) is 0 Å². The number of aryl methyl sites for hydroxylation is 1. The van der Waals surface area contributed by atoms with Crippen LogP contribution in [0.1, 0.15) is 35.3 Å². The Morgan fingerprint density at radius 1 is 1.22 bits per heavy atom. The molecule has 0 fully saturated rings. The zero-order valence-electron chi connectivity index (χ0n) is 19.8. The molecule has 36 heavy (non-hydrogen) atoms. The number of nitrogens with one attached hydrogen (secondary N) is 2. The maximum absolute atomic E-state index is 14.2. The van der Waals surface area contributed by atoms with Crippen LogP contribution in [-0.4, -0.2) is 48.9 Å². The Balaban J connectivity index is 1.73. The third-order valence-electron chi connectivity index (χ3n) is 5.54. The summed E-state index contributed by atoms with van der Waals surface area (Å²) in [6.07, 6.45) is 2.36. The van der Waals surface area contributed by atoms with E-state index in [1.54, 1.807) is 35.7 Å². The van der Waals surface area contributed by atoms with Gasteiger partial charge in [-0.25, -0.2) is 13.9 Å². The van der Waals surface area contributed by atoms with E-state index in [2.05, 4.69) is 25.7 Å². The summed E-state index contributed by atoms with van der Waals surface area (Å²) in [6.45, 7) is 3.78. The van der Waals surface area contributed by atoms with Crippen LogP contribution in [-0.2, 0) is 0 Å². The van der Waals surface area contributed by atoms with Gasteiger partial charge in [-0.3, -0.25) is 9.78 Å². The molecule has 0 aliphatic rings. The highest BCUT2D eigenvalue weighted by Crippen LogP contribution is 2.28. The molecular weight excluding hydrogens is 468 g/mol. The summed E-state index contributed by atoms with van der Waals surface area (Å²) in [5, 5.41) is 28.8. The number of hydrogen-bond acceptors (Lipinski definition) is 7. The molecule has 1 atom stereocenters. The van der Waals surface area contributed by atoms with Crippen LogP contribution >= 0.6 is 0 Å². The average Bonchev–Trinajstić information content (AvgIpc) is 3.27. The Hall–Kier alpha value is -4.43. The van der Waals surface area contributed by atoms with Gasteiger partial charge in [0.25, 0.3) is 5.91 Å². The van der Waals surface area contributed by atoms with E-state index < -0.39 is 30.2 Å². The number of nitriles is 1. The van der Waals surface area contributed by atoms with Crippen LogP contribution in [0.3, 0.4) is 0 Å². The number of carbonyl (C=O) groups excluding carboxylic acids is 1. The molecule has 4 heterocycles. The minimum atomic E-state index is -1.69. The monoisotopic (exact) mass is 491 g/mol. The van der Waals surface area contributed by atoms with Crippen LogP contribution in [0.25, 0.3) is 16.9 Å². The molecule has 9 nitrogen and oxygen atoms in total. The Bertz CT molecular complexity index is 1490. The minimum absolute atomic E-state index is 0.101. The van der Waals surface area contributed by atoms with Crippen molar-refractivity contribution >= 4 is 22.8 Å². The Morgan fingerprint density at radius 3 is 2.69 bits per heavy atom. The zero-order chi connectivity index (χ0) is 26.0. The lowest BCUT2D eigenvalue weighted by Gasteiger charge is -2.22. The lowest BCUT2D eigenvalue weighted by molar-refractivity contribution is -0.00177. The molecule has 1 unspecified atom stereocenters. The van der Waals surface area contributed by atoms with Crippen molar-refractivity contribution in [3.8, 4) is 17.5 Å². The number of hydrogen-bond donors (Lipinski definition) is 3. The number of fused-ring (bicyclic) bond motifs is 1. The number of pyridine rings is 2. The summed E-state index contributed by atoms with van der Waals surface area (Å²) in [5.41, 5.74) is 1.67. The molecule has 0 aliphatic heterocycles. The molecule has 184 valence electrons. The summed E-state index contributed by atoms with van der Waals surface area (Å²) in [7, 11) is 0. The summed E-state index contributed by atoms with van der Waals surface area (Å²) in [6, 6.07) is 10.4. The minimum Gasteiger partial charge on any atom is -0.387 e. The van der Waals surface area contributed by atoms with Crippen LogP contribution in [0.4, 0.5) is 20.2 Å². The summed E-state index contributed by atoms with van der Waals surface area (Å²) in [4.78, 5) is 21.0. The highest BCUT2D eigenvalue weighted by atomic mass is 19.1. The highest BCUT2D eigenvalue weighted by molar-refractivity contribution is 6.00. The standard InChI is InChI=1S/C25H23F2N7O2/c1-14-6-16(11-30-23(14)27)33-19-8-20(21-5-4-17-7-15(9-28)10-32-34(17)21)29-12-18(19)24(35)31-13-22(26)25(2,3)36/h4-8,10-12,22,36H,13H2,1-3H3,(H,29,33)(H,31,35). The molecule has 3 N–H and O–H groups in total. The lowest BCUT2D eigenvalue weighted by Crippen LogP contribution is -2.42. The molecule has 0 saturated carbocycles. The first-order valence-corrected chi connectivity index (χ1v) is 11.0. The van der Waals surface area contributed by atoms with Gasteiger partial charge >= 0.3 is 0 Å². The van der Waals surface area contributed by atoms with E-state index in [0.29, 0.717) is 39.4 Å². The van der Waals surface area contributed by atoms with Crippen molar-refractivity contribution in [2.75, 3.05) is 11.9 Å². The van der Waals surface area contributed by atoms with Crippen LogP contribution in [0.2, 0.25) is 0 Å². The molecule has 0 bridgehead atoms. The number of aliphatic hydroxyl groups is 1. The number of alkyl halides is 1. The van der Waals surface area contributed by atoms with Crippen LogP contribution < -0.4 is 10.6 Å². The fraction of sp³-hybridized carbons (Fsp3) is 0.240. The number of amides is 1. The first kappa shape index (κ1) is 24.7. The molecule has 4 aromatic rings.